The number of nitrogens with one attached hydrogen (secondary N) is 2. The Morgan fingerprint density at radius 2 is 1.82 bits per heavy atom. The van der Waals surface area contributed by atoms with Crippen LogP contribution in [0.3, 0.4) is 0 Å². The Kier molecular flexibility index (Phi) is 5.26. The van der Waals surface area contributed by atoms with Crippen molar-refractivity contribution in [2.45, 2.75) is 44.6 Å². The van der Waals surface area contributed by atoms with E-state index in [4.69, 9.17) is 4.74 Å². The summed E-state index contributed by atoms with van der Waals surface area (Å²) < 4.78 is 5.30. The Labute approximate surface area is 103 Å². The molecular weight excluding hydrogens is 216 g/mol. The van der Waals surface area contributed by atoms with Gasteiger partial charge in [0.25, 0.3) is 0 Å². The van der Waals surface area contributed by atoms with Crippen molar-refractivity contribution in [3.05, 3.63) is 0 Å². The van der Waals surface area contributed by atoms with Gasteiger partial charge in [-0.15, -0.1) is 0 Å². The van der Waals surface area contributed by atoms with Gasteiger partial charge in [-0.25, -0.2) is 0 Å². The van der Waals surface area contributed by atoms with E-state index in [1.807, 2.05) is 0 Å². The van der Waals surface area contributed by atoms with Crippen LogP contribution in [0.2, 0.25) is 0 Å². The van der Waals surface area contributed by atoms with E-state index in [0.29, 0.717) is 18.5 Å². The lowest BCUT2D eigenvalue weighted by molar-refractivity contribution is -0.120. The SMILES string of the molecule is O=C(CNC1CCCC1)NCC1CCOCC1. The van der Waals surface area contributed by atoms with Gasteiger partial charge in [-0.05, 0) is 31.6 Å². The molecule has 2 rings (SSSR count). The van der Waals surface area contributed by atoms with Crippen LogP contribution in [0.4, 0.5) is 0 Å². The van der Waals surface area contributed by atoms with Crippen LogP contribution in [-0.4, -0.2) is 38.3 Å². The number of ether oxygens (including phenoxy) is 1. The summed E-state index contributed by atoms with van der Waals surface area (Å²) in [6.45, 7) is 2.99. The minimum atomic E-state index is 0.142. The lowest BCUT2D eigenvalue weighted by atomic mass is 10.0. The highest BCUT2D eigenvalue weighted by Gasteiger charge is 2.17. The second kappa shape index (κ2) is 6.97. The summed E-state index contributed by atoms with van der Waals surface area (Å²) >= 11 is 0. The largest absolute Gasteiger partial charge is 0.381 e. The number of carbonyl (C=O) groups excluding carboxylic acids is 1. The van der Waals surface area contributed by atoms with E-state index < -0.39 is 0 Å². The summed E-state index contributed by atoms with van der Waals surface area (Å²) in [5.74, 6) is 0.752. The molecule has 1 heterocycles. The Bertz CT molecular complexity index is 234. The van der Waals surface area contributed by atoms with Crippen molar-refractivity contribution in [3.8, 4) is 0 Å². The number of amides is 1. The number of rotatable bonds is 5. The zero-order chi connectivity index (χ0) is 11.9. The van der Waals surface area contributed by atoms with E-state index in [1.165, 1.54) is 25.7 Å². The first-order chi connectivity index (χ1) is 8.34. The summed E-state index contributed by atoms with van der Waals surface area (Å²) in [5, 5.41) is 6.35. The second-order valence-corrected chi connectivity index (χ2v) is 5.22. The van der Waals surface area contributed by atoms with E-state index in [1.54, 1.807) is 0 Å². The molecule has 0 aromatic heterocycles. The molecule has 4 heteroatoms. The molecule has 17 heavy (non-hydrogen) atoms. The number of hydrogen-bond donors (Lipinski definition) is 2. The summed E-state index contributed by atoms with van der Waals surface area (Å²) in [7, 11) is 0. The predicted octanol–water partition coefficient (Wildman–Crippen LogP) is 1.06. The van der Waals surface area contributed by atoms with Crippen LogP contribution in [0.5, 0.6) is 0 Å². The van der Waals surface area contributed by atoms with Crippen molar-refractivity contribution in [3.63, 3.8) is 0 Å². The summed E-state index contributed by atoms with van der Waals surface area (Å²) in [6.07, 6.45) is 7.23. The molecule has 0 aromatic carbocycles. The van der Waals surface area contributed by atoms with Gasteiger partial charge in [-0.1, -0.05) is 12.8 Å². The summed E-state index contributed by atoms with van der Waals surface area (Å²) in [6, 6.07) is 0.573. The first kappa shape index (κ1) is 12.8. The molecule has 2 aliphatic rings. The van der Waals surface area contributed by atoms with Crippen LogP contribution in [0.1, 0.15) is 38.5 Å². The molecular formula is C13H24N2O2. The van der Waals surface area contributed by atoms with Gasteiger partial charge in [0, 0.05) is 25.8 Å². The van der Waals surface area contributed by atoms with E-state index in [2.05, 4.69) is 10.6 Å². The molecule has 1 saturated heterocycles. The normalized spacial score (nSPS) is 22.8. The summed E-state index contributed by atoms with van der Waals surface area (Å²) in [5.41, 5.74) is 0. The molecule has 0 aromatic rings. The van der Waals surface area contributed by atoms with E-state index in [0.717, 1.165) is 32.6 Å². The molecule has 0 atom stereocenters. The van der Waals surface area contributed by atoms with Crippen molar-refractivity contribution >= 4 is 5.91 Å². The fourth-order valence-electron chi connectivity index (χ4n) is 2.64. The van der Waals surface area contributed by atoms with Gasteiger partial charge in [0.1, 0.15) is 0 Å². The molecule has 1 saturated carbocycles. The molecule has 1 aliphatic carbocycles. The fraction of sp³-hybridized carbons (Fsp3) is 0.923. The molecule has 0 radical (unpaired) electrons. The minimum Gasteiger partial charge on any atom is -0.381 e. The van der Waals surface area contributed by atoms with Crippen LogP contribution in [0.25, 0.3) is 0 Å². The van der Waals surface area contributed by atoms with Crippen LogP contribution in [0, 0.1) is 5.92 Å². The van der Waals surface area contributed by atoms with Crippen LogP contribution >= 0.6 is 0 Å². The Hall–Kier alpha value is -0.610. The van der Waals surface area contributed by atoms with Crippen LogP contribution in [0.15, 0.2) is 0 Å². The Balaban J connectivity index is 1.53. The minimum absolute atomic E-state index is 0.142. The summed E-state index contributed by atoms with van der Waals surface area (Å²) in [4.78, 5) is 11.6. The maximum atomic E-state index is 11.6. The van der Waals surface area contributed by atoms with Crippen molar-refractivity contribution in [2.75, 3.05) is 26.3 Å². The molecule has 1 aliphatic heterocycles. The average molecular weight is 240 g/mol. The maximum absolute atomic E-state index is 11.6. The third kappa shape index (κ3) is 4.64. The standard InChI is InChI=1S/C13H24N2O2/c16-13(10-14-12-3-1-2-4-12)15-9-11-5-7-17-8-6-11/h11-12,14H,1-10H2,(H,15,16). The van der Waals surface area contributed by atoms with Gasteiger partial charge < -0.3 is 15.4 Å². The van der Waals surface area contributed by atoms with Crippen molar-refractivity contribution < 1.29 is 9.53 Å². The topological polar surface area (TPSA) is 50.4 Å². The second-order valence-electron chi connectivity index (χ2n) is 5.22. The lowest BCUT2D eigenvalue weighted by Crippen LogP contribution is -2.40. The average Bonchev–Trinajstić information content (AvgIpc) is 2.88. The van der Waals surface area contributed by atoms with E-state index in [-0.39, 0.29) is 5.91 Å². The van der Waals surface area contributed by atoms with Gasteiger partial charge in [0.15, 0.2) is 0 Å². The first-order valence-corrected chi connectivity index (χ1v) is 6.92. The molecule has 1 amide bonds. The number of carbonyl (C=O) groups is 1. The fourth-order valence-corrected chi connectivity index (χ4v) is 2.64. The van der Waals surface area contributed by atoms with E-state index in [9.17, 15) is 4.79 Å². The van der Waals surface area contributed by atoms with Gasteiger partial charge in [0.2, 0.25) is 5.91 Å². The van der Waals surface area contributed by atoms with Gasteiger partial charge >= 0.3 is 0 Å². The predicted molar refractivity (Wildman–Crippen MR) is 66.8 cm³/mol. The zero-order valence-electron chi connectivity index (χ0n) is 10.5. The molecule has 0 bridgehead atoms. The number of hydrogen-bond acceptors (Lipinski definition) is 3. The van der Waals surface area contributed by atoms with Gasteiger partial charge in [-0.2, -0.15) is 0 Å². The molecule has 2 N–H and O–H groups in total. The van der Waals surface area contributed by atoms with Gasteiger partial charge in [-0.3, -0.25) is 4.79 Å². The highest BCUT2D eigenvalue weighted by molar-refractivity contribution is 5.78. The van der Waals surface area contributed by atoms with Crippen LogP contribution < -0.4 is 10.6 Å². The van der Waals surface area contributed by atoms with Crippen LogP contribution in [-0.2, 0) is 9.53 Å². The Morgan fingerprint density at radius 1 is 1.12 bits per heavy atom. The first-order valence-electron chi connectivity index (χ1n) is 6.92. The van der Waals surface area contributed by atoms with Crippen molar-refractivity contribution in [1.82, 2.24) is 10.6 Å². The molecule has 0 unspecified atom stereocenters. The third-order valence-electron chi connectivity index (χ3n) is 3.84. The molecule has 0 spiro atoms. The highest BCUT2D eigenvalue weighted by Crippen LogP contribution is 2.17. The third-order valence-corrected chi connectivity index (χ3v) is 3.84. The molecule has 4 nitrogen and oxygen atoms in total. The Morgan fingerprint density at radius 3 is 2.53 bits per heavy atom. The molecule has 98 valence electrons. The maximum Gasteiger partial charge on any atom is 0.233 e. The van der Waals surface area contributed by atoms with Gasteiger partial charge in [0.05, 0.1) is 6.54 Å². The monoisotopic (exact) mass is 240 g/mol. The highest BCUT2D eigenvalue weighted by atomic mass is 16.5. The van der Waals surface area contributed by atoms with Crippen molar-refractivity contribution in [1.29, 1.82) is 0 Å². The van der Waals surface area contributed by atoms with Crippen molar-refractivity contribution in [2.24, 2.45) is 5.92 Å². The zero-order valence-corrected chi connectivity index (χ0v) is 10.5. The smallest absolute Gasteiger partial charge is 0.233 e. The quantitative estimate of drug-likeness (QED) is 0.755. The lowest BCUT2D eigenvalue weighted by Gasteiger charge is -2.22. The van der Waals surface area contributed by atoms with E-state index >= 15 is 0 Å². The molecule has 2 fully saturated rings.